The largest absolute Gasteiger partial charge is 0.378 e. The van der Waals surface area contributed by atoms with Gasteiger partial charge in [0.25, 0.3) is 7.37 Å². The van der Waals surface area contributed by atoms with Crippen LogP contribution in [0.3, 0.4) is 0 Å². The number of aryl methyl sites for hydroxylation is 1. The summed E-state index contributed by atoms with van der Waals surface area (Å²) in [5, 5.41) is 4.13. The molecular weight excluding hydrogens is 367 g/mol. The molecule has 0 saturated carbocycles. The molecule has 0 aliphatic carbocycles. The highest BCUT2D eigenvalue weighted by atomic mass is 31.2. The Morgan fingerprint density at radius 2 is 1.50 bits per heavy atom. The highest BCUT2D eigenvalue weighted by Crippen LogP contribution is 2.58. The first-order valence-corrected chi connectivity index (χ1v) is 10.9. The van der Waals surface area contributed by atoms with Gasteiger partial charge in [-0.05, 0) is 48.9 Å². The lowest BCUT2D eigenvalue weighted by molar-refractivity contribution is 0.396. The number of para-hydroxylation sites is 1. The highest BCUT2D eigenvalue weighted by Gasteiger charge is 2.36. The maximum atomic E-state index is 14.2. The van der Waals surface area contributed by atoms with E-state index in [1.54, 1.807) is 0 Å². The van der Waals surface area contributed by atoms with Crippen molar-refractivity contribution in [3.63, 3.8) is 0 Å². The molecule has 0 amide bonds. The van der Waals surface area contributed by atoms with Crippen LogP contribution in [0, 0.1) is 6.92 Å². The van der Waals surface area contributed by atoms with Crippen LogP contribution in [-0.4, -0.2) is 21.2 Å². The molecule has 2 atom stereocenters. The fourth-order valence-electron chi connectivity index (χ4n) is 3.12. The molecule has 4 nitrogen and oxygen atoms in total. The molecular formula is C23H27N2O2P. The van der Waals surface area contributed by atoms with Gasteiger partial charge in [-0.3, -0.25) is 4.57 Å². The minimum Gasteiger partial charge on any atom is -0.378 e. The third-order valence-electron chi connectivity index (χ3n) is 4.81. The lowest BCUT2D eigenvalue weighted by Crippen LogP contribution is -2.20. The molecule has 0 spiro atoms. The van der Waals surface area contributed by atoms with Gasteiger partial charge in [0.05, 0.1) is 0 Å². The molecule has 28 heavy (non-hydrogen) atoms. The van der Waals surface area contributed by atoms with Crippen molar-refractivity contribution in [3.05, 3.63) is 90.0 Å². The Bertz CT molecular complexity index is 939. The molecule has 1 N–H and O–H groups in total. The summed E-state index contributed by atoms with van der Waals surface area (Å²) in [6, 6.07) is 25.6. The summed E-state index contributed by atoms with van der Waals surface area (Å²) in [6.07, 6.45) is 0. The van der Waals surface area contributed by atoms with Gasteiger partial charge >= 0.3 is 0 Å². The molecule has 0 saturated heterocycles. The summed E-state index contributed by atoms with van der Waals surface area (Å²) >= 11 is 0. The SMILES string of the molecule is CO[P@](=O)(c1ccc(N(C)C)cc1)[C@@H](Nc1ccccc1)c1ccc(C)cc1. The third kappa shape index (κ3) is 4.30. The maximum Gasteiger partial charge on any atom is 0.257 e. The average molecular weight is 394 g/mol. The first-order chi connectivity index (χ1) is 13.4. The van der Waals surface area contributed by atoms with Gasteiger partial charge < -0.3 is 14.7 Å². The molecule has 3 aromatic carbocycles. The Kier molecular flexibility index (Phi) is 6.23. The first kappa shape index (κ1) is 20.2. The molecule has 0 bridgehead atoms. The van der Waals surface area contributed by atoms with Gasteiger partial charge in [-0.2, -0.15) is 0 Å². The predicted molar refractivity (Wildman–Crippen MR) is 119 cm³/mol. The van der Waals surface area contributed by atoms with Crippen molar-refractivity contribution in [3.8, 4) is 0 Å². The van der Waals surface area contributed by atoms with Crippen LogP contribution >= 0.6 is 7.37 Å². The second kappa shape index (κ2) is 8.64. The van der Waals surface area contributed by atoms with Crippen LogP contribution < -0.4 is 15.5 Å². The summed E-state index contributed by atoms with van der Waals surface area (Å²) in [5.74, 6) is -0.495. The van der Waals surface area contributed by atoms with Crippen LogP contribution in [0.25, 0.3) is 0 Å². The van der Waals surface area contributed by atoms with Gasteiger partial charge in [0.15, 0.2) is 0 Å². The van der Waals surface area contributed by atoms with E-state index in [-0.39, 0.29) is 0 Å². The fourth-order valence-corrected chi connectivity index (χ4v) is 5.29. The smallest absolute Gasteiger partial charge is 0.257 e. The van der Waals surface area contributed by atoms with E-state index in [2.05, 4.69) is 5.32 Å². The van der Waals surface area contributed by atoms with Crippen molar-refractivity contribution in [2.75, 3.05) is 31.4 Å². The first-order valence-electron chi connectivity index (χ1n) is 9.25. The molecule has 0 unspecified atom stereocenters. The van der Waals surface area contributed by atoms with Gasteiger partial charge in [-0.25, -0.2) is 0 Å². The molecule has 146 valence electrons. The predicted octanol–water partition coefficient (Wildman–Crippen LogP) is 5.42. The molecule has 0 aromatic heterocycles. The van der Waals surface area contributed by atoms with E-state index in [0.29, 0.717) is 5.30 Å². The summed E-state index contributed by atoms with van der Waals surface area (Å²) in [6.45, 7) is 2.04. The van der Waals surface area contributed by atoms with Crippen LogP contribution in [0.15, 0.2) is 78.9 Å². The van der Waals surface area contributed by atoms with Crippen molar-refractivity contribution < 1.29 is 9.09 Å². The normalized spacial score (nSPS) is 14.1. The average Bonchev–Trinajstić information content (AvgIpc) is 2.73. The van der Waals surface area contributed by atoms with Crippen LogP contribution in [0.2, 0.25) is 0 Å². The van der Waals surface area contributed by atoms with E-state index >= 15 is 0 Å². The molecule has 0 aliphatic rings. The topological polar surface area (TPSA) is 41.6 Å². The van der Waals surface area contributed by atoms with Gasteiger partial charge in [0.2, 0.25) is 0 Å². The Hall–Kier alpha value is -2.55. The molecule has 0 fully saturated rings. The molecule has 0 heterocycles. The summed E-state index contributed by atoms with van der Waals surface area (Å²) in [4.78, 5) is 2.02. The Morgan fingerprint density at radius 1 is 0.893 bits per heavy atom. The van der Waals surface area contributed by atoms with Crippen molar-refractivity contribution in [2.24, 2.45) is 0 Å². The maximum absolute atomic E-state index is 14.2. The fraction of sp³-hybridized carbons (Fsp3) is 0.217. The zero-order chi connectivity index (χ0) is 20.1. The summed E-state index contributed by atoms with van der Waals surface area (Å²) < 4.78 is 19.9. The van der Waals surface area contributed by atoms with Gasteiger partial charge in [-0.15, -0.1) is 0 Å². The number of rotatable bonds is 7. The van der Waals surface area contributed by atoms with Crippen LogP contribution in [0.1, 0.15) is 16.9 Å². The number of hydrogen-bond acceptors (Lipinski definition) is 4. The Morgan fingerprint density at radius 3 is 2.04 bits per heavy atom. The Balaban J connectivity index is 2.07. The lowest BCUT2D eigenvalue weighted by atomic mass is 10.1. The quantitative estimate of drug-likeness (QED) is 0.543. The number of benzene rings is 3. The van der Waals surface area contributed by atoms with Crippen molar-refractivity contribution in [2.45, 2.75) is 12.7 Å². The van der Waals surface area contributed by atoms with E-state index in [9.17, 15) is 4.57 Å². The number of hydrogen-bond donors (Lipinski definition) is 1. The molecule has 0 aliphatic heterocycles. The second-order valence-corrected chi connectivity index (χ2v) is 9.61. The number of nitrogens with zero attached hydrogens (tertiary/aromatic N) is 1. The minimum absolute atomic E-state index is 0.495. The molecule has 3 rings (SSSR count). The van der Waals surface area contributed by atoms with Crippen LogP contribution in [0.4, 0.5) is 11.4 Å². The lowest BCUT2D eigenvalue weighted by Gasteiger charge is -2.29. The molecule has 5 heteroatoms. The zero-order valence-corrected chi connectivity index (χ0v) is 17.7. The molecule has 0 radical (unpaired) electrons. The van der Waals surface area contributed by atoms with E-state index in [1.807, 2.05) is 105 Å². The highest BCUT2D eigenvalue weighted by molar-refractivity contribution is 7.67. The van der Waals surface area contributed by atoms with Crippen molar-refractivity contribution in [1.29, 1.82) is 0 Å². The van der Waals surface area contributed by atoms with E-state index in [0.717, 1.165) is 22.5 Å². The standard InChI is InChI=1S/C23H27N2O2P/c1-18-10-12-19(13-11-18)23(24-20-8-6-5-7-9-20)28(26,27-4)22-16-14-21(15-17-22)25(2)3/h5-17,23-24H,1-4H3/t23-,28-/m1/s1. The van der Waals surface area contributed by atoms with E-state index in [1.165, 1.54) is 7.11 Å². The van der Waals surface area contributed by atoms with Gasteiger partial charge in [0.1, 0.15) is 5.78 Å². The molecule has 3 aromatic rings. The summed E-state index contributed by atoms with van der Waals surface area (Å²) in [5.41, 5.74) is 4.03. The van der Waals surface area contributed by atoms with Gasteiger partial charge in [0, 0.05) is 37.9 Å². The van der Waals surface area contributed by atoms with Gasteiger partial charge in [-0.1, -0.05) is 48.0 Å². The van der Waals surface area contributed by atoms with Crippen LogP contribution in [0.5, 0.6) is 0 Å². The Labute approximate surface area is 167 Å². The number of nitrogens with one attached hydrogen (secondary N) is 1. The monoisotopic (exact) mass is 394 g/mol. The van der Waals surface area contributed by atoms with Crippen molar-refractivity contribution in [1.82, 2.24) is 0 Å². The minimum atomic E-state index is -3.24. The van der Waals surface area contributed by atoms with Crippen molar-refractivity contribution >= 4 is 24.0 Å². The second-order valence-electron chi connectivity index (χ2n) is 7.01. The van der Waals surface area contributed by atoms with Crippen LogP contribution in [-0.2, 0) is 9.09 Å². The van der Waals surface area contributed by atoms with E-state index in [4.69, 9.17) is 4.52 Å². The number of anilines is 2. The third-order valence-corrected chi connectivity index (χ3v) is 7.47. The zero-order valence-electron chi connectivity index (χ0n) is 16.8. The van der Waals surface area contributed by atoms with E-state index < -0.39 is 13.2 Å². The summed E-state index contributed by atoms with van der Waals surface area (Å²) in [7, 11) is 2.24.